The van der Waals surface area contributed by atoms with Crippen molar-refractivity contribution in [1.82, 2.24) is 0 Å². The number of halogens is 1. The molecule has 1 heterocycles. The van der Waals surface area contributed by atoms with Crippen molar-refractivity contribution >= 4 is 0 Å². The van der Waals surface area contributed by atoms with Crippen LogP contribution in [0.1, 0.15) is 18.1 Å². The van der Waals surface area contributed by atoms with Crippen LogP contribution < -0.4 is 9.47 Å². The van der Waals surface area contributed by atoms with Gasteiger partial charge in [0.1, 0.15) is 0 Å². The van der Waals surface area contributed by atoms with Gasteiger partial charge in [0.15, 0.2) is 11.5 Å². The molecule has 0 unspecified atom stereocenters. The van der Waals surface area contributed by atoms with Crippen LogP contribution in [0, 0.1) is 0 Å². The van der Waals surface area contributed by atoms with Crippen molar-refractivity contribution in [3.8, 4) is 11.5 Å². The summed E-state index contributed by atoms with van der Waals surface area (Å²) in [6.07, 6.45) is -0.989. The molecule has 0 fully saturated rings. The highest BCUT2D eigenvalue weighted by Crippen LogP contribution is 2.35. The number of fused-ring (bicyclic) bond motifs is 1. The van der Waals surface area contributed by atoms with E-state index in [2.05, 4.69) is 6.58 Å². The predicted molar refractivity (Wildman–Crippen MR) is 52.4 cm³/mol. The van der Waals surface area contributed by atoms with Crippen LogP contribution in [0.25, 0.3) is 0 Å². The second-order valence-corrected chi connectivity index (χ2v) is 3.35. The van der Waals surface area contributed by atoms with Crippen LogP contribution in [0.4, 0.5) is 4.39 Å². The third-order valence-electron chi connectivity index (χ3n) is 2.20. The summed E-state index contributed by atoms with van der Waals surface area (Å²) >= 11 is 0. The highest BCUT2D eigenvalue weighted by atomic mass is 19.1. The first kappa shape index (κ1) is 9.98. The molecule has 1 aromatic carbocycles. The molecule has 1 atom stereocenters. The van der Waals surface area contributed by atoms with Crippen LogP contribution in [0.3, 0.4) is 0 Å². The molecule has 3 nitrogen and oxygen atoms in total. The minimum Gasteiger partial charge on any atom is -0.454 e. The number of benzene rings is 1. The fourth-order valence-corrected chi connectivity index (χ4v) is 1.45. The molecule has 0 radical (unpaired) electrons. The standard InChI is InChI=1S/C11H11FO3/c1-7(12)4-9(13)8-2-3-10-11(5-8)15-6-14-10/h2-3,5,9,13H,1,4,6H2/t9-/m1/s1. The average molecular weight is 210 g/mol. The van der Waals surface area contributed by atoms with E-state index in [0.29, 0.717) is 17.1 Å². The van der Waals surface area contributed by atoms with Gasteiger partial charge in [-0.2, -0.15) is 0 Å². The van der Waals surface area contributed by atoms with Gasteiger partial charge in [-0.25, -0.2) is 4.39 Å². The lowest BCUT2D eigenvalue weighted by Crippen LogP contribution is -1.97. The largest absolute Gasteiger partial charge is 0.454 e. The van der Waals surface area contributed by atoms with Crippen molar-refractivity contribution in [3.05, 3.63) is 36.2 Å². The van der Waals surface area contributed by atoms with Crippen molar-refractivity contribution in [2.45, 2.75) is 12.5 Å². The summed E-state index contributed by atoms with van der Waals surface area (Å²) in [7, 11) is 0. The fraction of sp³-hybridized carbons (Fsp3) is 0.273. The lowest BCUT2D eigenvalue weighted by Gasteiger charge is -2.09. The molecule has 0 saturated heterocycles. The van der Waals surface area contributed by atoms with Crippen LogP contribution in [0.2, 0.25) is 0 Å². The molecule has 1 aliphatic rings. The van der Waals surface area contributed by atoms with Crippen molar-refractivity contribution in [1.29, 1.82) is 0 Å². The van der Waals surface area contributed by atoms with Crippen molar-refractivity contribution < 1.29 is 19.0 Å². The van der Waals surface area contributed by atoms with Gasteiger partial charge in [0.05, 0.1) is 11.9 Å². The maximum atomic E-state index is 12.5. The van der Waals surface area contributed by atoms with Gasteiger partial charge in [-0.15, -0.1) is 0 Å². The van der Waals surface area contributed by atoms with Crippen molar-refractivity contribution in [2.75, 3.05) is 6.79 Å². The number of aliphatic hydroxyl groups is 1. The van der Waals surface area contributed by atoms with E-state index in [1.807, 2.05) is 0 Å². The zero-order valence-corrected chi connectivity index (χ0v) is 8.07. The minimum atomic E-state index is -0.892. The summed E-state index contributed by atoms with van der Waals surface area (Å²) < 4.78 is 22.8. The topological polar surface area (TPSA) is 38.7 Å². The molecular weight excluding hydrogens is 199 g/mol. The second-order valence-electron chi connectivity index (χ2n) is 3.35. The molecular formula is C11H11FO3. The first-order chi connectivity index (χ1) is 7.16. The van der Waals surface area contributed by atoms with E-state index < -0.39 is 11.9 Å². The molecule has 4 heteroatoms. The Morgan fingerprint density at radius 1 is 1.47 bits per heavy atom. The number of hydrogen-bond acceptors (Lipinski definition) is 3. The van der Waals surface area contributed by atoms with Crippen LogP contribution >= 0.6 is 0 Å². The van der Waals surface area contributed by atoms with Crippen LogP contribution in [-0.2, 0) is 0 Å². The van der Waals surface area contributed by atoms with Gasteiger partial charge in [0.2, 0.25) is 6.79 Å². The number of rotatable bonds is 3. The third-order valence-corrected chi connectivity index (χ3v) is 2.20. The second kappa shape index (κ2) is 3.90. The first-order valence-corrected chi connectivity index (χ1v) is 4.57. The molecule has 2 rings (SSSR count). The molecule has 1 aliphatic heterocycles. The summed E-state index contributed by atoms with van der Waals surface area (Å²) in [6, 6.07) is 5.03. The van der Waals surface area contributed by atoms with Gasteiger partial charge in [-0.3, -0.25) is 0 Å². The molecule has 0 bridgehead atoms. The Morgan fingerprint density at radius 3 is 2.93 bits per heavy atom. The number of ether oxygens (including phenoxy) is 2. The van der Waals surface area contributed by atoms with Crippen LogP contribution in [0.5, 0.6) is 11.5 Å². The highest BCUT2D eigenvalue weighted by Gasteiger charge is 2.16. The third kappa shape index (κ3) is 2.10. The zero-order valence-electron chi connectivity index (χ0n) is 8.07. The number of hydrogen-bond donors (Lipinski definition) is 1. The summed E-state index contributed by atoms with van der Waals surface area (Å²) in [5, 5.41) is 9.62. The van der Waals surface area contributed by atoms with E-state index in [-0.39, 0.29) is 13.2 Å². The molecule has 80 valence electrons. The Morgan fingerprint density at radius 2 is 2.20 bits per heavy atom. The Balaban J connectivity index is 2.19. The van der Waals surface area contributed by atoms with Gasteiger partial charge in [0.25, 0.3) is 0 Å². The molecule has 0 aromatic heterocycles. The Bertz CT molecular complexity index is 389. The zero-order chi connectivity index (χ0) is 10.8. The van der Waals surface area contributed by atoms with Crippen molar-refractivity contribution in [2.24, 2.45) is 0 Å². The van der Waals surface area contributed by atoms with Gasteiger partial charge < -0.3 is 14.6 Å². The quantitative estimate of drug-likeness (QED) is 0.832. The predicted octanol–water partition coefficient (Wildman–Crippen LogP) is 2.32. The van der Waals surface area contributed by atoms with E-state index >= 15 is 0 Å². The SMILES string of the molecule is C=C(F)C[C@@H](O)c1ccc2c(c1)OCO2. The van der Waals surface area contributed by atoms with E-state index in [4.69, 9.17) is 9.47 Å². The molecule has 15 heavy (non-hydrogen) atoms. The highest BCUT2D eigenvalue weighted by molar-refractivity contribution is 5.45. The summed E-state index contributed by atoms with van der Waals surface area (Å²) in [5.41, 5.74) is 0.595. The van der Waals surface area contributed by atoms with Crippen molar-refractivity contribution in [3.63, 3.8) is 0 Å². The van der Waals surface area contributed by atoms with E-state index in [9.17, 15) is 9.50 Å². The normalized spacial score (nSPS) is 15.1. The molecule has 0 aliphatic carbocycles. The van der Waals surface area contributed by atoms with Gasteiger partial charge in [-0.05, 0) is 17.7 Å². The van der Waals surface area contributed by atoms with E-state index in [0.717, 1.165) is 0 Å². The summed E-state index contributed by atoms with van der Waals surface area (Å²) in [6.45, 7) is 3.30. The molecule has 1 aromatic rings. The number of aliphatic hydroxyl groups excluding tert-OH is 1. The monoisotopic (exact) mass is 210 g/mol. The Kier molecular flexibility index (Phi) is 2.60. The van der Waals surface area contributed by atoms with Gasteiger partial charge in [0, 0.05) is 6.42 Å². The molecule has 1 N–H and O–H groups in total. The fourth-order valence-electron chi connectivity index (χ4n) is 1.45. The van der Waals surface area contributed by atoms with Gasteiger partial charge >= 0.3 is 0 Å². The lowest BCUT2D eigenvalue weighted by atomic mass is 10.1. The molecule has 0 amide bonds. The first-order valence-electron chi connectivity index (χ1n) is 4.57. The minimum absolute atomic E-state index is 0.0976. The van der Waals surface area contributed by atoms with Crippen LogP contribution in [0.15, 0.2) is 30.6 Å². The average Bonchev–Trinajstić information content (AvgIpc) is 2.62. The van der Waals surface area contributed by atoms with E-state index in [1.54, 1.807) is 18.2 Å². The maximum Gasteiger partial charge on any atom is 0.231 e. The smallest absolute Gasteiger partial charge is 0.231 e. The Labute approximate surface area is 86.7 Å². The maximum absolute atomic E-state index is 12.5. The molecule has 0 spiro atoms. The van der Waals surface area contributed by atoms with E-state index in [1.165, 1.54) is 0 Å². The Hall–Kier alpha value is -1.55. The van der Waals surface area contributed by atoms with Crippen LogP contribution in [-0.4, -0.2) is 11.9 Å². The summed E-state index contributed by atoms with van der Waals surface area (Å²) in [4.78, 5) is 0. The van der Waals surface area contributed by atoms with Gasteiger partial charge in [-0.1, -0.05) is 12.6 Å². The molecule has 0 saturated carbocycles. The summed E-state index contributed by atoms with van der Waals surface area (Å²) in [5.74, 6) is 0.682. The lowest BCUT2D eigenvalue weighted by molar-refractivity contribution is 0.168.